The Bertz CT molecular complexity index is 616. The van der Waals surface area contributed by atoms with E-state index in [0.717, 1.165) is 17.1 Å². The monoisotopic (exact) mass is 303 g/mol. The molecule has 2 rings (SSSR count). The van der Waals surface area contributed by atoms with Crippen LogP contribution >= 0.6 is 11.6 Å². The molecule has 0 aliphatic heterocycles. The van der Waals surface area contributed by atoms with E-state index < -0.39 is 0 Å². The van der Waals surface area contributed by atoms with Crippen LogP contribution in [0.1, 0.15) is 32.0 Å². The molecule has 5 heteroatoms. The molecule has 2 N–H and O–H groups in total. The molecule has 21 heavy (non-hydrogen) atoms. The van der Waals surface area contributed by atoms with Gasteiger partial charge in [-0.05, 0) is 37.3 Å². The van der Waals surface area contributed by atoms with Gasteiger partial charge in [0.2, 0.25) is 5.91 Å². The van der Waals surface area contributed by atoms with Crippen LogP contribution in [0.4, 0.5) is 11.4 Å². The highest BCUT2D eigenvalue weighted by atomic mass is 35.5. The van der Waals surface area contributed by atoms with Gasteiger partial charge in [-0.25, -0.2) is 0 Å². The molecule has 1 heterocycles. The number of nitrogens with zero attached hydrogens (tertiary/aromatic N) is 1. The number of hydrogen-bond acceptors (Lipinski definition) is 3. The number of carbonyl (C=O) groups is 1. The van der Waals surface area contributed by atoms with E-state index in [4.69, 9.17) is 11.6 Å². The molecule has 0 bridgehead atoms. The van der Waals surface area contributed by atoms with Gasteiger partial charge in [0.1, 0.15) is 0 Å². The summed E-state index contributed by atoms with van der Waals surface area (Å²) >= 11 is 6.20. The number of aromatic nitrogens is 1. The van der Waals surface area contributed by atoms with E-state index in [0.29, 0.717) is 11.4 Å². The average molecular weight is 304 g/mol. The summed E-state index contributed by atoms with van der Waals surface area (Å²) in [4.78, 5) is 15.8. The van der Waals surface area contributed by atoms with Gasteiger partial charge in [-0.2, -0.15) is 0 Å². The molecule has 1 aromatic heterocycles. The quantitative estimate of drug-likeness (QED) is 0.868. The topological polar surface area (TPSA) is 54.0 Å². The Morgan fingerprint density at radius 1 is 1.33 bits per heavy atom. The van der Waals surface area contributed by atoms with Gasteiger partial charge in [0.25, 0.3) is 0 Å². The van der Waals surface area contributed by atoms with Crippen molar-refractivity contribution in [2.45, 2.75) is 26.3 Å². The zero-order valence-corrected chi connectivity index (χ0v) is 12.8. The molecule has 0 radical (unpaired) electrons. The number of benzene rings is 1. The molecule has 110 valence electrons. The van der Waals surface area contributed by atoms with Crippen LogP contribution in [0.2, 0.25) is 5.02 Å². The molecule has 1 atom stereocenters. The van der Waals surface area contributed by atoms with Crippen LogP contribution in [0.5, 0.6) is 0 Å². The molecule has 0 aliphatic carbocycles. The Morgan fingerprint density at radius 2 is 2.14 bits per heavy atom. The summed E-state index contributed by atoms with van der Waals surface area (Å²) in [5.74, 6) is -0.0268. The highest BCUT2D eigenvalue weighted by molar-refractivity contribution is 6.33. The number of hydrogen-bond donors (Lipinski definition) is 2. The number of anilines is 2. The first-order valence-electron chi connectivity index (χ1n) is 6.87. The minimum absolute atomic E-state index is 0.0147. The van der Waals surface area contributed by atoms with Crippen LogP contribution in [0.3, 0.4) is 0 Å². The van der Waals surface area contributed by atoms with Gasteiger partial charge in [0, 0.05) is 18.3 Å². The second-order valence-corrected chi connectivity index (χ2v) is 5.12. The van der Waals surface area contributed by atoms with Gasteiger partial charge >= 0.3 is 0 Å². The van der Waals surface area contributed by atoms with E-state index in [1.807, 2.05) is 38.1 Å². The van der Waals surface area contributed by atoms with Crippen molar-refractivity contribution in [1.82, 2.24) is 4.98 Å². The molecule has 2 aromatic rings. The highest BCUT2D eigenvalue weighted by Crippen LogP contribution is 2.28. The van der Waals surface area contributed by atoms with Crippen LogP contribution in [0.15, 0.2) is 42.6 Å². The molecule has 0 saturated carbocycles. The zero-order valence-electron chi connectivity index (χ0n) is 12.1. The second kappa shape index (κ2) is 7.09. The van der Waals surface area contributed by atoms with E-state index in [-0.39, 0.29) is 11.9 Å². The molecule has 1 aromatic carbocycles. The van der Waals surface area contributed by atoms with Gasteiger partial charge in [-0.1, -0.05) is 24.6 Å². The predicted molar refractivity (Wildman–Crippen MR) is 86.6 cm³/mol. The minimum Gasteiger partial charge on any atom is -0.376 e. The molecular weight excluding hydrogens is 286 g/mol. The fourth-order valence-corrected chi connectivity index (χ4v) is 2.07. The lowest BCUT2D eigenvalue weighted by molar-refractivity contribution is -0.115. The predicted octanol–water partition coefficient (Wildman–Crippen LogP) is 4.26. The van der Waals surface area contributed by atoms with Crippen molar-refractivity contribution < 1.29 is 4.79 Å². The van der Waals surface area contributed by atoms with Crippen molar-refractivity contribution in [3.05, 3.63) is 53.3 Å². The summed E-state index contributed by atoms with van der Waals surface area (Å²) in [6.45, 7) is 3.82. The van der Waals surface area contributed by atoms with Gasteiger partial charge in [-0.3, -0.25) is 9.78 Å². The lowest BCUT2D eigenvalue weighted by Crippen LogP contribution is -2.11. The standard InChI is InChI=1S/C16H18ClN3O/c1-3-16(21)20-12-7-8-13(17)15(10-12)19-11(2)14-6-4-5-9-18-14/h4-11,19H,3H2,1-2H3,(H,20,21). The van der Waals surface area contributed by atoms with Crippen LogP contribution in [-0.2, 0) is 4.79 Å². The van der Waals surface area contributed by atoms with Crippen LogP contribution in [0, 0.1) is 0 Å². The Morgan fingerprint density at radius 3 is 2.81 bits per heavy atom. The summed E-state index contributed by atoms with van der Waals surface area (Å²) in [5.41, 5.74) is 2.42. The summed E-state index contributed by atoms with van der Waals surface area (Å²) in [7, 11) is 0. The summed E-state index contributed by atoms with van der Waals surface area (Å²) < 4.78 is 0. The number of carbonyl (C=O) groups excluding carboxylic acids is 1. The first-order chi connectivity index (χ1) is 10.1. The van der Waals surface area contributed by atoms with Crippen molar-refractivity contribution in [1.29, 1.82) is 0 Å². The molecule has 0 fully saturated rings. The largest absolute Gasteiger partial charge is 0.376 e. The minimum atomic E-state index is -0.0268. The van der Waals surface area contributed by atoms with Crippen LogP contribution < -0.4 is 10.6 Å². The van der Waals surface area contributed by atoms with Crippen LogP contribution in [0.25, 0.3) is 0 Å². The number of rotatable bonds is 5. The maximum atomic E-state index is 11.4. The Balaban J connectivity index is 2.15. The van der Waals surface area contributed by atoms with Crippen molar-refractivity contribution in [3.63, 3.8) is 0 Å². The van der Waals surface area contributed by atoms with E-state index in [9.17, 15) is 4.79 Å². The molecular formula is C16H18ClN3O. The summed E-state index contributed by atoms with van der Waals surface area (Å²) in [6, 6.07) is 11.2. The third-order valence-electron chi connectivity index (χ3n) is 3.07. The van der Waals surface area contributed by atoms with Gasteiger partial charge < -0.3 is 10.6 Å². The van der Waals surface area contributed by atoms with Gasteiger partial charge in [0.15, 0.2) is 0 Å². The summed E-state index contributed by atoms with van der Waals surface area (Å²) in [6.07, 6.45) is 2.20. The van der Waals surface area contributed by atoms with Crippen LogP contribution in [-0.4, -0.2) is 10.9 Å². The van der Waals surface area contributed by atoms with E-state index in [1.165, 1.54) is 0 Å². The van der Waals surface area contributed by atoms with Gasteiger partial charge in [0.05, 0.1) is 22.4 Å². The van der Waals surface area contributed by atoms with E-state index in [1.54, 1.807) is 18.3 Å². The number of nitrogens with one attached hydrogen (secondary N) is 2. The van der Waals surface area contributed by atoms with Crippen molar-refractivity contribution in [2.24, 2.45) is 0 Å². The molecule has 0 spiro atoms. The van der Waals surface area contributed by atoms with Gasteiger partial charge in [-0.15, -0.1) is 0 Å². The molecule has 0 aliphatic rings. The number of halogens is 1. The lowest BCUT2D eigenvalue weighted by Gasteiger charge is -2.17. The van der Waals surface area contributed by atoms with Crippen molar-refractivity contribution in [3.8, 4) is 0 Å². The highest BCUT2D eigenvalue weighted by Gasteiger charge is 2.10. The second-order valence-electron chi connectivity index (χ2n) is 4.72. The Kier molecular flexibility index (Phi) is 5.17. The molecule has 1 unspecified atom stereocenters. The molecule has 1 amide bonds. The van der Waals surface area contributed by atoms with E-state index >= 15 is 0 Å². The number of pyridine rings is 1. The smallest absolute Gasteiger partial charge is 0.224 e. The summed E-state index contributed by atoms with van der Waals surface area (Å²) in [5, 5.41) is 6.74. The fourth-order valence-electron chi connectivity index (χ4n) is 1.90. The fraction of sp³-hybridized carbons (Fsp3) is 0.250. The van der Waals surface area contributed by atoms with Crippen molar-refractivity contribution in [2.75, 3.05) is 10.6 Å². The maximum absolute atomic E-state index is 11.4. The maximum Gasteiger partial charge on any atom is 0.224 e. The Labute approximate surface area is 129 Å². The first kappa shape index (κ1) is 15.3. The third-order valence-corrected chi connectivity index (χ3v) is 3.40. The lowest BCUT2D eigenvalue weighted by atomic mass is 10.2. The normalized spacial score (nSPS) is 11.8. The Hall–Kier alpha value is -2.07. The third kappa shape index (κ3) is 4.20. The first-order valence-corrected chi connectivity index (χ1v) is 7.24. The van der Waals surface area contributed by atoms with Crippen molar-refractivity contribution >= 4 is 28.9 Å². The molecule has 0 saturated heterocycles. The average Bonchev–Trinajstić information content (AvgIpc) is 2.51. The SMILES string of the molecule is CCC(=O)Nc1ccc(Cl)c(NC(C)c2ccccn2)c1. The van der Waals surface area contributed by atoms with E-state index in [2.05, 4.69) is 15.6 Å². The molecule has 4 nitrogen and oxygen atoms in total. The zero-order chi connectivity index (χ0) is 15.2. The number of amides is 1.